The van der Waals surface area contributed by atoms with Gasteiger partial charge >= 0.3 is 0 Å². The van der Waals surface area contributed by atoms with E-state index in [1.807, 2.05) is 30.3 Å². The first-order valence-electron chi connectivity index (χ1n) is 7.25. The lowest BCUT2D eigenvalue weighted by molar-refractivity contribution is 0.577. The number of hydrogen-bond acceptors (Lipinski definition) is 2. The minimum absolute atomic E-state index is 0.775. The average molecular weight is 284 g/mol. The van der Waals surface area contributed by atoms with E-state index < -0.39 is 0 Å². The molecule has 0 atom stereocenters. The molecule has 0 saturated carbocycles. The zero-order valence-electron chi connectivity index (χ0n) is 11.7. The van der Waals surface area contributed by atoms with Crippen molar-refractivity contribution < 1.29 is 4.42 Å². The molecule has 0 unspecified atom stereocenters. The van der Waals surface area contributed by atoms with E-state index in [4.69, 9.17) is 9.40 Å². The van der Waals surface area contributed by atoms with E-state index in [0.29, 0.717) is 0 Å². The number of benzene rings is 2. The summed E-state index contributed by atoms with van der Waals surface area (Å²) < 4.78 is 7.79. The SMILES string of the molecule is c1coc(-c2nc3ccccc3c3cc4ccccc4n23)c1. The maximum atomic E-state index is 5.61. The fraction of sp³-hybridized carbons (Fsp3) is 0. The second-order valence-electron chi connectivity index (χ2n) is 5.35. The van der Waals surface area contributed by atoms with E-state index in [2.05, 4.69) is 40.8 Å². The van der Waals surface area contributed by atoms with Gasteiger partial charge in [0.15, 0.2) is 11.6 Å². The first-order chi connectivity index (χ1) is 10.9. The highest BCUT2D eigenvalue weighted by atomic mass is 16.3. The number of rotatable bonds is 1. The highest BCUT2D eigenvalue weighted by Gasteiger charge is 2.14. The predicted octanol–water partition coefficient (Wildman–Crippen LogP) is 4.90. The normalized spacial score (nSPS) is 11.6. The number of furan rings is 1. The first-order valence-corrected chi connectivity index (χ1v) is 7.25. The Labute approximate surface area is 126 Å². The topological polar surface area (TPSA) is 30.4 Å². The third-order valence-electron chi connectivity index (χ3n) is 4.07. The van der Waals surface area contributed by atoms with Gasteiger partial charge in [-0.15, -0.1) is 0 Å². The van der Waals surface area contributed by atoms with Gasteiger partial charge in [-0.05, 0) is 30.3 Å². The molecule has 0 aliphatic heterocycles. The molecular weight excluding hydrogens is 272 g/mol. The fourth-order valence-corrected chi connectivity index (χ4v) is 3.10. The van der Waals surface area contributed by atoms with Crippen molar-refractivity contribution in [1.29, 1.82) is 0 Å². The Kier molecular flexibility index (Phi) is 2.22. The van der Waals surface area contributed by atoms with Crippen LogP contribution in [0.2, 0.25) is 0 Å². The van der Waals surface area contributed by atoms with Crippen molar-refractivity contribution in [2.75, 3.05) is 0 Å². The van der Waals surface area contributed by atoms with Crippen molar-refractivity contribution in [2.45, 2.75) is 0 Å². The molecule has 3 heterocycles. The molecule has 0 fully saturated rings. The van der Waals surface area contributed by atoms with Gasteiger partial charge in [-0.25, -0.2) is 4.98 Å². The Hall–Kier alpha value is -3.07. The third kappa shape index (κ3) is 1.48. The molecule has 0 spiro atoms. The molecule has 5 rings (SSSR count). The van der Waals surface area contributed by atoms with Crippen molar-refractivity contribution in [2.24, 2.45) is 0 Å². The Balaban J connectivity index is 2.09. The van der Waals surface area contributed by atoms with Gasteiger partial charge in [0.2, 0.25) is 0 Å². The molecule has 0 saturated heterocycles. The quantitative estimate of drug-likeness (QED) is 0.438. The molecule has 0 N–H and O–H groups in total. The van der Waals surface area contributed by atoms with Crippen LogP contribution >= 0.6 is 0 Å². The molecule has 104 valence electrons. The molecule has 2 aromatic carbocycles. The molecule has 5 aromatic rings. The van der Waals surface area contributed by atoms with E-state index in [1.54, 1.807) is 6.26 Å². The van der Waals surface area contributed by atoms with Gasteiger partial charge in [-0.2, -0.15) is 0 Å². The van der Waals surface area contributed by atoms with Crippen molar-refractivity contribution >= 4 is 27.3 Å². The summed E-state index contributed by atoms with van der Waals surface area (Å²) in [5, 5.41) is 2.35. The fourth-order valence-electron chi connectivity index (χ4n) is 3.10. The Morgan fingerprint density at radius 3 is 2.59 bits per heavy atom. The molecule has 3 heteroatoms. The van der Waals surface area contributed by atoms with Crippen LogP contribution in [0.3, 0.4) is 0 Å². The van der Waals surface area contributed by atoms with E-state index in [0.717, 1.165) is 33.5 Å². The number of aromatic nitrogens is 2. The van der Waals surface area contributed by atoms with E-state index >= 15 is 0 Å². The number of hydrogen-bond donors (Lipinski definition) is 0. The maximum Gasteiger partial charge on any atom is 0.181 e. The molecular formula is C19H12N2O. The second kappa shape index (κ2) is 4.21. The molecule has 0 aliphatic rings. The summed E-state index contributed by atoms with van der Waals surface area (Å²) in [7, 11) is 0. The monoisotopic (exact) mass is 284 g/mol. The number of fused-ring (bicyclic) bond motifs is 5. The average Bonchev–Trinajstić information content (AvgIpc) is 3.22. The lowest BCUT2D eigenvalue weighted by Crippen LogP contribution is -1.96. The van der Waals surface area contributed by atoms with Crippen molar-refractivity contribution in [3.8, 4) is 11.6 Å². The molecule has 0 amide bonds. The van der Waals surface area contributed by atoms with Gasteiger partial charge in [0.05, 0.1) is 22.8 Å². The minimum Gasteiger partial charge on any atom is -0.461 e. The van der Waals surface area contributed by atoms with Crippen LogP contribution in [0.25, 0.3) is 38.9 Å². The van der Waals surface area contributed by atoms with Crippen LogP contribution in [0.15, 0.2) is 77.4 Å². The minimum atomic E-state index is 0.775. The lowest BCUT2D eigenvalue weighted by atomic mass is 10.2. The Morgan fingerprint density at radius 2 is 1.68 bits per heavy atom. The summed E-state index contributed by atoms with van der Waals surface area (Å²) in [5.41, 5.74) is 3.27. The van der Waals surface area contributed by atoms with Gasteiger partial charge in [0.1, 0.15) is 0 Å². The number of para-hydroxylation sites is 2. The van der Waals surface area contributed by atoms with Crippen LogP contribution in [-0.2, 0) is 0 Å². The maximum absolute atomic E-state index is 5.61. The zero-order valence-corrected chi connectivity index (χ0v) is 11.7. The van der Waals surface area contributed by atoms with Crippen LogP contribution in [0, 0.1) is 0 Å². The first kappa shape index (κ1) is 11.6. The van der Waals surface area contributed by atoms with E-state index in [1.165, 1.54) is 5.39 Å². The van der Waals surface area contributed by atoms with Crippen LogP contribution in [-0.4, -0.2) is 9.38 Å². The Morgan fingerprint density at radius 1 is 0.818 bits per heavy atom. The highest BCUT2D eigenvalue weighted by Crippen LogP contribution is 2.31. The summed E-state index contributed by atoms with van der Waals surface area (Å²) >= 11 is 0. The van der Waals surface area contributed by atoms with Gasteiger partial charge in [-0.3, -0.25) is 4.40 Å². The van der Waals surface area contributed by atoms with Gasteiger partial charge in [0.25, 0.3) is 0 Å². The summed E-state index contributed by atoms with van der Waals surface area (Å²) in [4.78, 5) is 4.84. The smallest absolute Gasteiger partial charge is 0.181 e. The van der Waals surface area contributed by atoms with Crippen LogP contribution in [0.4, 0.5) is 0 Å². The third-order valence-corrected chi connectivity index (χ3v) is 4.07. The molecule has 0 radical (unpaired) electrons. The summed E-state index contributed by atoms with van der Waals surface area (Å²) in [6.45, 7) is 0. The van der Waals surface area contributed by atoms with Gasteiger partial charge < -0.3 is 4.42 Å². The largest absolute Gasteiger partial charge is 0.461 e. The lowest BCUT2D eigenvalue weighted by Gasteiger charge is -2.07. The standard InChI is InChI=1S/C19H12N2O/c1-4-9-16-13(6-1)12-17-14-7-2-3-8-15(14)20-19(21(16)17)18-10-5-11-22-18/h1-12H. The van der Waals surface area contributed by atoms with Crippen molar-refractivity contribution in [3.05, 3.63) is 73.0 Å². The zero-order chi connectivity index (χ0) is 14.5. The predicted molar refractivity (Wildman–Crippen MR) is 87.9 cm³/mol. The highest BCUT2D eigenvalue weighted by molar-refractivity contribution is 6.02. The van der Waals surface area contributed by atoms with E-state index in [9.17, 15) is 0 Å². The number of nitrogens with zero attached hydrogens (tertiary/aromatic N) is 2. The molecule has 3 nitrogen and oxygen atoms in total. The molecule has 3 aromatic heterocycles. The second-order valence-corrected chi connectivity index (χ2v) is 5.35. The van der Waals surface area contributed by atoms with Crippen LogP contribution in [0.5, 0.6) is 0 Å². The van der Waals surface area contributed by atoms with Gasteiger partial charge in [0, 0.05) is 10.8 Å². The summed E-state index contributed by atoms with van der Waals surface area (Å²) in [6.07, 6.45) is 1.68. The van der Waals surface area contributed by atoms with Crippen LogP contribution in [0.1, 0.15) is 0 Å². The van der Waals surface area contributed by atoms with Crippen molar-refractivity contribution in [3.63, 3.8) is 0 Å². The van der Waals surface area contributed by atoms with E-state index in [-0.39, 0.29) is 0 Å². The summed E-state index contributed by atoms with van der Waals surface area (Å²) in [5.74, 6) is 1.61. The molecule has 0 aliphatic carbocycles. The van der Waals surface area contributed by atoms with Crippen molar-refractivity contribution in [1.82, 2.24) is 9.38 Å². The molecule has 0 bridgehead atoms. The summed E-state index contributed by atoms with van der Waals surface area (Å²) in [6, 6.07) is 22.6. The van der Waals surface area contributed by atoms with Crippen LogP contribution < -0.4 is 0 Å². The molecule has 22 heavy (non-hydrogen) atoms. The Bertz CT molecular complexity index is 1120. The van der Waals surface area contributed by atoms with Gasteiger partial charge in [-0.1, -0.05) is 36.4 Å².